The number of rotatable bonds is 4. The number of piperazine rings is 1. The van der Waals surface area contributed by atoms with Gasteiger partial charge in [-0.1, -0.05) is 6.07 Å². The van der Waals surface area contributed by atoms with E-state index in [4.69, 9.17) is 0 Å². The first-order chi connectivity index (χ1) is 10.3. The highest BCUT2D eigenvalue weighted by atomic mass is 32.2. The van der Waals surface area contributed by atoms with Crippen LogP contribution in [0.25, 0.3) is 0 Å². The third-order valence-corrected chi connectivity index (χ3v) is 4.60. The van der Waals surface area contributed by atoms with Crippen LogP contribution in [0.4, 0.5) is 8.78 Å². The molecule has 2 rings (SSSR count). The van der Waals surface area contributed by atoms with E-state index in [1.807, 2.05) is 0 Å². The second-order valence-electron chi connectivity index (χ2n) is 4.86. The highest BCUT2D eigenvalue weighted by Crippen LogP contribution is 2.18. The minimum absolute atomic E-state index is 0.0874. The Bertz CT molecular complexity index is 643. The van der Waals surface area contributed by atoms with E-state index >= 15 is 0 Å². The van der Waals surface area contributed by atoms with Gasteiger partial charge in [-0.3, -0.25) is 4.79 Å². The molecule has 0 N–H and O–H groups in total. The maximum Gasteiger partial charge on any atom is 0.387 e. The van der Waals surface area contributed by atoms with Crippen LogP contribution in [-0.2, 0) is 10.0 Å². The number of ether oxygens (including phenoxy) is 1. The number of benzene rings is 1. The number of carbonyl (C=O) groups is 1. The van der Waals surface area contributed by atoms with Gasteiger partial charge in [0, 0.05) is 31.7 Å². The van der Waals surface area contributed by atoms with Crippen LogP contribution in [0, 0.1) is 0 Å². The number of carbonyl (C=O) groups excluding carboxylic acids is 1. The predicted molar refractivity (Wildman–Crippen MR) is 75.4 cm³/mol. The molecular formula is C13H16F2N2O4S. The molecule has 1 amide bonds. The molecule has 0 aliphatic carbocycles. The number of amides is 1. The monoisotopic (exact) mass is 334 g/mol. The molecular weight excluding hydrogens is 318 g/mol. The van der Waals surface area contributed by atoms with Gasteiger partial charge in [0.05, 0.1) is 6.26 Å². The second-order valence-corrected chi connectivity index (χ2v) is 6.84. The molecule has 0 unspecified atom stereocenters. The van der Waals surface area contributed by atoms with Crippen LogP contribution in [0.2, 0.25) is 0 Å². The van der Waals surface area contributed by atoms with Gasteiger partial charge in [0.1, 0.15) is 5.75 Å². The number of sulfonamides is 1. The van der Waals surface area contributed by atoms with Crippen molar-refractivity contribution in [1.29, 1.82) is 0 Å². The Kier molecular flexibility index (Phi) is 4.97. The van der Waals surface area contributed by atoms with Crippen LogP contribution in [-0.4, -0.2) is 62.6 Å². The zero-order valence-electron chi connectivity index (χ0n) is 11.9. The fraction of sp³-hybridized carbons (Fsp3) is 0.462. The Morgan fingerprint density at radius 3 is 2.41 bits per heavy atom. The summed E-state index contributed by atoms with van der Waals surface area (Å²) in [4.78, 5) is 13.8. The molecule has 1 heterocycles. The van der Waals surface area contributed by atoms with Crippen molar-refractivity contribution in [3.63, 3.8) is 0 Å². The maximum atomic E-state index is 12.3. The van der Waals surface area contributed by atoms with Crippen LogP contribution in [0.15, 0.2) is 24.3 Å². The molecule has 1 fully saturated rings. The summed E-state index contributed by atoms with van der Waals surface area (Å²) in [5.74, 6) is -0.427. The number of halogens is 2. The van der Waals surface area contributed by atoms with Crippen molar-refractivity contribution >= 4 is 15.9 Å². The van der Waals surface area contributed by atoms with Crippen molar-refractivity contribution in [1.82, 2.24) is 9.21 Å². The molecule has 0 radical (unpaired) electrons. The fourth-order valence-corrected chi connectivity index (χ4v) is 3.04. The van der Waals surface area contributed by atoms with Crippen LogP contribution in [0.3, 0.4) is 0 Å². The Morgan fingerprint density at radius 1 is 1.23 bits per heavy atom. The van der Waals surface area contributed by atoms with E-state index in [1.165, 1.54) is 33.5 Å². The molecule has 0 saturated carbocycles. The van der Waals surface area contributed by atoms with Gasteiger partial charge in [-0.05, 0) is 18.2 Å². The van der Waals surface area contributed by atoms with Crippen LogP contribution >= 0.6 is 0 Å². The summed E-state index contributed by atoms with van der Waals surface area (Å²) >= 11 is 0. The van der Waals surface area contributed by atoms with E-state index in [0.717, 1.165) is 6.26 Å². The molecule has 1 saturated heterocycles. The van der Waals surface area contributed by atoms with Crippen LogP contribution < -0.4 is 4.74 Å². The highest BCUT2D eigenvalue weighted by molar-refractivity contribution is 7.88. The zero-order chi connectivity index (χ0) is 16.3. The van der Waals surface area contributed by atoms with E-state index in [1.54, 1.807) is 0 Å². The van der Waals surface area contributed by atoms with Crippen molar-refractivity contribution < 1.29 is 26.7 Å². The SMILES string of the molecule is CS(=O)(=O)N1CCN(C(=O)c2cccc(OC(F)F)c2)CC1. The number of hydrogen-bond donors (Lipinski definition) is 0. The lowest BCUT2D eigenvalue weighted by Gasteiger charge is -2.33. The predicted octanol–water partition coefficient (Wildman–Crippen LogP) is 1.01. The van der Waals surface area contributed by atoms with Crippen molar-refractivity contribution in [3.8, 4) is 5.75 Å². The lowest BCUT2D eigenvalue weighted by Crippen LogP contribution is -2.50. The smallest absolute Gasteiger partial charge is 0.387 e. The summed E-state index contributed by atoms with van der Waals surface area (Å²) in [5.41, 5.74) is 0.228. The standard InChI is InChI=1S/C13H16F2N2O4S/c1-22(19,20)17-7-5-16(6-8-17)12(18)10-3-2-4-11(9-10)21-13(14)15/h2-4,9,13H,5-8H2,1H3. The van der Waals surface area contributed by atoms with Crippen molar-refractivity contribution in [2.75, 3.05) is 32.4 Å². The van der Waals surface area contributed by atoms with Crippen molar-refractivity contribution in [2.24, 2.45) is 0 Å². The molecule has 9 heteroatoms. The van der Waals surface area contributed by atoms with Crippen molar-refractivity contribution in [3.05, 3.63) is 29.8 Å². The normalized spacial score (nSPS) is 16.8. The Morgan fingerprint density at radius 2 is 1.86 bits per heavy atom. The largest absolute Gasteiger partial charge is 0.435 e. The summed E-state index contributed by atoms with van der Waals surface area (Å²) < 4.78 is 52.8. The summed E-state index contributed by atoms with van der Waals surface area (Å²) in [6, 6.07) is 5.54. The summed E-state index contributed by atoms with van der Waals surface area (Å²) in [6.45, 7) is -2.00. The van der Waals surface area contributed by atoms with E-state index in [-0.39, 0.29) is 43.4 Å². The Labute approximate surface area is 127 Å². The number of nitrogens with zero attached hydrogens (tertiary/aromatic N) is 2. The third-order valence-electron chi connectivity index (χ3n) is 3.30. The lowest BCUT2D eigenvalue weighted by molar-refractivity contribution is -0.0499. The molecule has 0 spiro atoms. The number of alkyl halides is 2. The number of hydrogen-bond acceptors (Lipinski definition) is 4. The molecule has 0 bridgehead atoms. The van der Waals surface area contributed by atoms with Gasteiger partial charge in [0.2, 0.25) is 10.0 Å². The molecule has 22 heavy (non-hydrogen) atoms. The van der Waals surface area contributed by atoms with E-state index < -0.39 is 16.6 Å². The second kappa shape index (κ2) is 6.57. The summed E-state index contributed by atoms with van der Waals surface area (Å²) in [7, 11) is -3.27. The lowest BCUT2D eigenvalue weighted by atomic mass is 10.1. The molecule has 1 aliphatic heterocycles. The molecule has 1 aromatic carbocycles. The topological polar surface area (TPSA) is 66.9 Å². The fourth-order valence-electron chi connectivity index (χ4n) is 2.21. The van der Waals surface area contributed by atoms with E-state index in [9.17, 15) is 22.0 Å². The van der Waals surface area contributed by atoms with Crippen LogP contribution in [0.1, 0.15) is 10.4 Å². The van der Waals surface area contributed by atoms with Gasteiger partial charge in [0.25, 0.3) is 5.91 Å². The zero-order valence-corrected chi connectivity index (χ0v) is 12.7. The first kappa shape index (κ1) is 16.6. The van der Waals surface area contributed by atoms with E-state index in [0.29, 0.717) is 0 Å². The average molecular weight is 334 g/mol. The first-order valence-electron chi connectivity index (χ1n) is 6.56. The Hall–Kier alpha value is -1.74. The van der Waals surface area contributed by atoms with Gasteiger partial charge >= 0.3 is 6.61 Å². The summed E-state index contributed by atoms with van der Waals surface area (Å²) in [6.07, 6.45) is 1.12. The van der Waals surface area contributed by atoms with Gasteiger partial charge in [-0.25, -0.2) is 8.42 Å². The Balaban J connectivity index is 2.04. The molecule has 6 nitrogen and oxygen atoms in total. The molecule has 0 aromatic heterocycles. The van der Waals surface area contributed by atoms with Gasteiger partial charge in [0.15, 0.2) is 0 Å². The van der Waals surface area contributed by atoms with Crippen molar-refractivity contribution in [2.45, 2.75) is 6.61 Å². The third kappa shape index (κ3) is 4.14. The molecule has 1 aliphatic rings. The first-order valence-corrected chi connectivity index (χ1v) is 8.41. The average Bonchev–Trinajstić information content (AvgIpc) is 2.45. The molecule has 122 valence electrons. The van der Waals surface area contributed by atoms with Gasteiger partial charge < -0.3 is 9.64 Å². The van der Waals surface area contributed by atoms with Gasteiger partial charge in [-0.2, -0.15) is 13.1 Å². The highest BCUT2D eigenvalue weighted by Gasteiger charge is 2.26. The molecule has 0 atom stereocenters. The van der Waals surface area contributed by atoms with E-state index in [2.05, 4.69) is 4.74 Å². The van der Waals surface area contributed by atoms with Gasteiger partial charge in [-0.15, -0.1) is 0 Å². The minimum Gasteiger partial charge on any atom is -0.435 e. The minimum atomic E-state index is -3.27. The molecule has 1 aromatic rings. The maximum absolute atomic E-state index is 12.3. The van der Waals surface area contributed by atoms with Crippen LogP contribution in [0.5, 0.6) is 5.75 Å². The summed E-state index contributed by atoms with van der Waals surface area (Å²) in [5, 5.41) is 0. The quantitative estimate of drug-likeness (QED) is 0.824.